The van der Waals surface area contributed by atoms with E-state index in [1.807, 2.05) is 17.5 Å². The SMILES string of the molecule is COc1ncnc2c1CN(Cc1nc(-c3cccs3)no1)CC2. The van der Waals surface area contributed by atoms with Gasteiger partial charge in [-0.25, -0.2) is 9.97 Å². The summed E-state index contributed by atoms with van der Waals surface area (Å²) in [5.41, 5.74) is 2.09. The Labute approximate surface area is 137 Å². The number of ether oxygens (including phenoxy) is 1. The molecule has 8 heteroatoms. The molecule has 0 aliphatic carbocycles. The summed E-state index contributed by atoms with van der Waals surface area (Å²) in [6, 6.07) is 3.96. The van der Waals surface area contributed by atoms with Crippen LogP contribution in [0, 0.1) is 0 Å². The molecule has 118 valence electrons. The Hall–Kier alpha value is -2.32. The lowest BCUT2D eigenvalue weighted by Gasteiger charge is -2.27. The summed E-state index contributed by atoms with van der Waals surface area (Å²) in [5.74, 6) is 1.91. The van der Waals surface area contributed by atoms with Crippen molar-refractivity contribution in [3.8, 4) is 16.6 Å². The highest BCUT2D eigenvalue weighted by Crippen LogP contribution is 2.26. The first kappa shape index (κ1) is 14.3. The van der Waals surface area contributed by atoms with Crippen molar-refractivity contribution in [3.05, 3.63) is 41.0 Å². The molecule has 0 N–H and O–H groups in total. The van der Waals surface area contributed by atoms with E-state index in [0.717, 1.165) is 35.6 Å². The number of rotatable bonds is 4. The quantitative estimate of drug-likeness (QED) is 0.726. The summed E-state index contributed by atoms with van der Waals surface area (Å²) in [6.45, 7) is 2.22. The summed E-state index contributed by atoms with van der Waals surface area (Å²) in [6.07, 6.45) is 2.42. The molecule has 0 amide bonds. The summed E-state index contributed by atoms with van der Waals surface area (Å²) < 4.78 is 10.7. The van der Waals surface area contributed by atoms with Crippen LogP contribution in [-0.2, 0) is 19.5 Å². The molecular weight excluding hydrogens is 314 g/mol. The Morgan fingerprint density at radius 1 is 1.39 bits per heavy atom. The molecule has 3 aromatic rings. The Morgan fingerprint density at radius 3 is 3.17 bits per heavy atom. The Bertz CT molecular complexity index is 788. The van der Waals surface area contributed by atoms with Crippen molar-refractivity contribution >= 4 is 11.3 Å². The number of methoxy groups -OCH3 is 1. The normalized spacial score (nSPS) is 14.7. The van der Waals surface area contributed by atoms with E-state index in [2.05, 4.69) is 25.0 Å². The molecule has 4 heterocycles. The predicted molar refractivity (Wildman–Crippen MR) is 84.0 cm³/mol. The zero-order valence-corrected chi connectivity index (χ0v) is 13.4. The van der Waals surface area contributed by atoms with Gasteiger partial charge in [-0.1, -0.05) is 11.2 Å². The molecule has 0 atom stereocenters. The predicted octanol–water partition coefficient (Wildman–Crippen LogP) is 2.16. The van der Waals surface area contributed by atoms with Crippen LogP contribution >= 0.6 is 11.3 Å². The minimum Gasteiger partial charge on any atom is -0.481 e. The van der Waals surface area contributed by atoms with E-state index in [1.54, 1.807) is 24.8 Å². The van der Waals surface area contributed by atoms with Crippen LogP contribution in [0.1, 0.15) is 17.1 Å². The number of fused-ring (bicyclic) bond motifs is 1. The minimum absolute atomic E-state index is 0.607. The average molecular weight is 329 g/mol. The van der Waals surface area contributed by atoms with Gasteiger partial charge in [-0.3, -0.25) is 4.90 Å². The third-order valence-electron chi connectivity index (χ3n) is 3.80. The van der Waals surface area contributed by atoms with Crippen molar-refractivity contribution in [2.24, 2.45) is 0 Å². The average Bonchev–Trinajstić information content (AvgIpc) is 3.25. The first-order valence-corrected chi connectivity index (χ1v) is 8.17. The molecular formula is C15H15N5O2S. The Kier molecular flexibility index (Phi) is 3.76. The molecule has 0 unspecified atom stereocenters. The first-order valence-electron chi connectivity index (χ1n) is 7.29. The number of nitrogens with zero attached hydrogens (tertiary/aromatic N) is 5. The van der Waals surface area contributed by atoms with Crippen LogP contribution in [0.4, 0.5) is 0 Å². The maximum atomic E-state index is 5.38. The summed E-state index contributed by atoms with van der Waals surface area (Å²) in [5, 5.41) is 6.05. The van der Waals surface area contributed by atoms with E-state index in [4.69, 9.17) is 9.26 Å². The molecule has 3 aromatic heterocycles. The van der Waals surface area contributed by atoms with E-state index in [1.165, 1.54) is 0 Å². The van der Waals surface area contributed by atoms with Gasteiger partial charge < -0.3 is 9.26 Å². The maximum absolute atomic E-state index is 5.38. The van der Waals surface area contributed by atoms with Gasteiger partial charge in [-0.15, -0.1) is 11.3 Å². The largest absolute Gasteiger partial charge is 0.481 e. The van der Waals surface area contributed by atoms with Crippen LogP contribution in [0.5, 0.6) is 5.88 Å². The van der Waals surface area contributed by atoms with Crippen LogP contribution in [0.25, 0.3) is 10.7 Å². The highest BCUT2D eigenvalue weighted by Gasteiger charge is 2.23. The molecule has 0 spiro atoms. The Morgan fingerprint density at radius 2 is 2.35 bits per heavy atom. The summed E-state index contributed by atoms with van der Waals surface area (Å²) in [7, 11) is 1.63. The van der Waals surface area contributed by atoms with Gasteiger partial charge in [-0.2, -0.15) is 4.98 Å². The van der Waals surface area contributed by atoms with Gasteiger partial charge in [0.25, 0.3) is 0 Å². The van der Waals surface area contributed by atoms with Crippen LogP contribution in [-0.4, -0.2) is 38.7 Å². The molecule has 23 heavy (non-hydrogen) atoms. The maximum Gasteiger partial charge on any atom is 0.241 e. The highest BCUT2D eigenvalue weighted by atomic mass is 32.1. The second-order valence-electron chi connectivity index (χ2n) is 5.26. The van der Waals surface area contributed by atoms with Gasteiger partial charge in [0.05, 0.1) is 24.2 Å². The van der Waals surface area contributed by atoms with Crippen molar-refractivity contribution in [1.82, 2.24) is 25.0 Å². The summed E-state index contributed by atoms with van der Waals surface area (Å²) >= 11 is 1.60. The molecule has 0 saturated carbocycles. The van der Waals surface area contributed by atoms with E-state index >= 15 is 0 Å². The molecule has 0 saturated heterocycles. The van der Waals surface area contributed by atoms with Gasteiger partial charge in [0.2, 0.25) is 17.6 Å². The third kappa shape index (κ3) is 2.82. The van der Waals surface area contributed by atoms with Gasteiger partial charge in [-0.05, 0) is 11.4 Å². The molecule has 0 fully saturated rings. The van der Waals surface area contributed by atoms with Crippen molar-refractivity contribution < 1.29 is 9.26 Å². The van der Waals surface area contributed by atoms with Gasteiger partial charge in [0, 0.05) is 25.1 Å². The molecule has 0 bridgehead atoms. The van der Waals surface area contributed by atoms with E-state index < -0.39 is 0 Å². The van der Waals surface area contributed by atoms with Gasteiger partial charge in [0.15, 0.2) is 0 Å². The smallest absolute Gasteiger partial charge is 0.241 e. The minimum atomic E-state index is 0.607. The van der Waals surface area contributed by atoms with Gasteiger partial charge >= 0.3 is 0 Å². The van der Waals surface area contributed by atoms with Crippen molar-refractivity contribution in [2.45, 2.75) is 19.5 Å². The highest BCUT2D eigenvalue weighted by molar-refractivity contribution is 7.13. The fourth-order valence-corrected chi connectivity index (χ4v) is 3.35. The lowest BCUT2D eigenvalue weighted by molar-refractivity contribution is 0.204. The summed E-state index contributed by atoms with van der Waals surface area (Å²) in [4.78, 5) is 16.2. The van der Waals surface area contributed by atoms with Crippen molar-refractivity contribution in [3.63, 3.8) is 0 Å². The third-order valence-corrected chi connectivity index (χ3v) is 4.67. The van der Waals surface area contributed by atoms with Gasteiger partial charge in [0.1, 0.15) is 6.33 Å². The number of hydrogen-bond donors (Lipinski definition) is 0. The lowest BCUT2D eigenvalue weighted by Crippen LogP contribution is -2.31. The molecule has 4 rings (SSSR count). The van der Waals surface area contributed by atoms with Crippen LogP contribution in [0.3, 0.4) is 0 Å². The van der Waals surface area contributed by atoms with Crippen molar-refractivity contribution in [2.75, 3.05) is 13.7 Å². The van der Waals surface area contributed by atoms with Crippen LogP contribution in [0.2, 0.25) is 0 Å². The zero-order valence-electron chi connectivity index (χ0n) is 12.6. The zero-order chi connectivity index (χ0) is 15.6. The van der Waals surface area contributed by atoms with E-state index in [0.29, 0.717) is 24.1 Å². The molecule has 0 radical (unpaired) electrons. The molecule has 7 nitrogen and oxygen atoms in total. The fourth-order valence-electron chi connectivity index (χ4n) is 2.70. The molecule has 1 aliphatic heterocycles. The van der Waals surface area contributed by atoms with Crippen molar-refractivity contribution in [1.29, 1.82) is 0 Å². The Balaban J connectivity index is 1.50. The standard InChI is InChI=1S/C15H15N5O2S/c1-21-15-10-7-20(5-4-11(10)16-9-17-15)8-13-18-14(19-22-13)12-3-2-6-23-12/h2-3,6,9H,4-5,7-8H2,1H3. The molecule has 1 aliphatic rings. The monoisotopic (exact) mass is 329 g/mol. The van der Waals surface area contributed by atoms with Crippen LogP contribution < -0.4 is 4.74 Å². The van der Waals surface area contributed by atoms with Crippen LogP contribution in [0.15, 0.2) is 28.4 Å². The topological polar surface area (TPSA) is 77.2 Å². The first-order chi connectivity index (χ1) is 11.3. The van der Waals surface area contributed by atoms with E-state index in [-0.39, 0.29) is 0 Å². The molecule has 0 aromatic carbocycles. The number of hydrogen-bond acceptors (Lipinski definition) is 8. The number of aromatic nitrogens is 4. The van der Waals surface area contributed by atoms with E-state index in [9.17, 15) is 0 Å². The second kappa shape index (κ2) is 6.05. The lowest BCUT2D eigenvalue weighted by atomic mass is 10.1. The second-order valence-corrected chi connectivity index (χ2v) is 6.21. The fraction of sp³-hybridized carbons (Fsp3) is 0.333. The number of thiophene rings is 1.